The van der Waals surface area contributed by atoms with Crippen LogP contribution in [0.2, 0.25) is 0 Å². The minimum atomic E-state index is -0.0266. The molecule has 1 aliphatic rings. The van der Waals surface area contributed by atoms with Crippen molar-refractivity contribution >= 4 is 11.6 Å². The van der Waals surface area contributed by atoms with E-state index in [1.165, 1.54) is 0 Å². The van der Waals surface area contributed by atoms with Crippen LogP contribution < -0.4 is 4.74 Å². The Morgan fingerprint density at radius 1 is 0.750 bits per heavy atom. The van der Waals surface area contributed by atoms with Gasteiger partial charge < -0.3 is 9.47 Å². The van der Waals surface area contributed by atoms with Crippen molar-refractivity contribution in [3.63, 3.8) is 0 Å². The van der Waals surface area contributed by atoms with Crippen molar-refractivity contribution < 1.29 is 19.1 Å². The Labute approximate surface area is 187 Å². The summed E-state index contributed by atoms with van der Waals surface area (Å²) in [6.45, 7) is 1.99. The quantitative estimate of drug-likeness (QED) is 0.430. The van der Waals surface area contributed by atoms with Gasteiger partial charge in [0.05, 0.1) is 6.10 Å². The van der Waals surface area contributed by atoms with Gasteiger partial charge in [-0.2, -0.15) is 0 Å². The van der Waals surface area contributed by atoms with Crippen LogP contribution in [0.4, 0.5) is 0 Å². The lowest BCUT2D eigenvalue weighted by atomic mass is 9.97. The van der Waals surface area contributed by atoms with E-state index in [-0.39, 0.29) is 17.7 Å². The van der Waals surface area contributed by atoms with Crippen LogP contribution >= 0.6 is 0 Å². The highest BCUT2D eigenvalue weighted by Crippen LogP contribution is 2.24. The molecule has 0 spiro atoms. The van der Waals surface area contributed by atoms with Gasteiger partial charge in [-0.3, -0.25) is 9.59 Å². The number of aryl methyl sites for hydroxylation is 1. The number of ketones is 2. The van der Waals surface area contributed by atoms with Crippen LogP contribution in [0.1, 0.15) is 38.3 Å². The number of benzene rings is 3. The molecule has 0 aliphatic heterocycles. The van der Waals surface area contributed by atoms with Crippen molar-refractivity contribution in [2.24, 2.45) is 0 Å². The van der Waals surface area contributed by atoms with E-state index in [4.69, 9.17) is 9.47 Å². The number of allylic oxidation sites excluding steroid dienone is 2. The lowest BCUT2D eigenvalue weighted by Crippen LogP contribution is -2.12. The molecule has 0 aromatic heterocycles. The van der Waals surface area contributed by atoms with Crippen LogP contribution in [-0.2, 0) is 4.74 Å². The van der Waals surface area contributed by atoms with Gasteiger partial charge in [0.1, 0.15) is 11.5 Å². The zero-order valence-electron chi connectivity index (χ0n) is 18.1. The molecule has 0 saturated carbocycles. The molecule has 0 bridgehead atoms. The Bertz CT molecular complexity index is 1170. The van der Waals surface area contributed by atoms with E-state index < -0.39 is 0 Å². The van der Waals surface area contributed by atoms with Crippen LogP contribution in [0, 0.1) is 6.92 Å². The number of carbonyl (C=O) groups is 2. The average Bonchev–Trinajstić information content (AvgIpc) is 2.85. The molecular formula is C28H24O4. The molecule has 1 unspecified atom stereocenters. The van der Waals surface area contributed by atoms with Crippen molar-refractivity contribution in [2.75, 3.05) is 7.11 Å². The predicted octanol–water partition coefficient (Wildman–Crippen LogP) is 6.10. The van der Waals surface area contributed by atoms with Crippen LogP contribution in [0.3, 0.4) is 0 Å². The summed E-state index contributed by atoms with van der Waals surface area (Å²) in [6.07, 6.45) is 6.33. The molecule has 4 heteroatoms. The standard InChI is InChI=1S/C28H24O4/c1-19-3-5-20(6-4-19)27(29)22-9-15-25(16-10-22)32-26-17-11-23(12-18-26)28(30)21-7-13-24(31-2)14-8-21/h3-13,15-18,24H,14H2,1-2H3. The summed E-state index contributed by atoms with van der Waals surface area (Å²) < 4.78 is 11.1. The van der Waals surface area contributed by atoms with Crippen molar-refractivity contribution in [3.05, 3.63) is 119 Å². The highest BCUT2D eigenvalue weighted by Gasteiger charge is 2.15. The number of methoxy groups -OCH3 is 1. The third kappa shape index (κ3) is 4.93. The van der Waals surface area contributed by atoms with Gasteiger partial charge in [0.2, 0.25) is 0 Å². The SMILES string of the molecule is COC1C=CC(C(=O)c2ccc(Oc3ccc(C(=O)c4ccc(C)cc4)cc3)cc2)=CC1. The van der Waals surface area contributed by atoms with E-state index in [1.807, 2.05) is 49.4 Å². The molecule has 0 amide bonds. The maximum Gasteiger partial charge on any atom is 0.193 e. The summed E-state index contributed by atoms with van der Waals surface area (Å²) in [5.74, 6) is 1.18. The molecular weight excluding hydrogens is 400 g/mol. The van der Waals surface area contributed by atoms with E-state index in [2.05, 4.69) is 0 Å². The first-order valence-corrected chi connectivity index (χ1v) is 10.5. The van der Waals surface area contributed by atoms with Gasteiger partial charge in [-0.05, 0) is 61.9 Å². The molecule has 4 rings (SSSR count). The normalized spacial score (nSPS) is 15.2. The second-order valence-corrected chi connectivity index (χ2v) is 7.70. The summed E-state index contributed by atoms with van der Waals surface area (Å²) in [5.41, 5.74) is 3.64. The van der Waals surface area contributed by atoms with Crippen LogP contribution in [0.5, 0.6) is 11.5 Å². The van der Waals surface area contributed by atoms with E-state index in [0.29, 0.717) is 40.2 Å². The van der Waals surface area contributed by atoms with E-state index in [0.717, 1.165) is 5.56 Å². The molecule has 1 atom stereocenters. The molecule has 0 N–H and O–H groups in total. The summed E-state index contributed by atoms with van der Waals surface area (Å²) in [5, 5.41) is 0. The van der Waals surface area contributed by atoms with Gasteiger partial charge in [-0.1, -0.05) is 48.1 Å². The maximum atomic E-state index is 12.7. The number of Topliss-reactive ketones (excluding diaryl/α,β-unsaturated/α-hetero) is 1. The molecule has 1 aliphatic carbocycles. The number of hydrogen-bond donors (Lipinski definition) is 0. The van der Waals surface area contributed by atoms with Gasteiger partial charge in [-0.15, -0.1) is 0 Å². The number of carbonyl (C=O) groups excluding carboxylic acids is 2. The molecule has 0 radical (unpaired) electrons. The fourth-order valence-electron chi connectivity index (χ4n) is 3.47. The van der Waals surface area contributed by atoms with Gasteiger partial charge in [-0.25, -0.2) is 0 Å². The van der Waals surface area contributed by atoms with Crippen molar-refractivity contribution in [2.45, 2.75) is 19.4 Å². The molecule has 0 fully saturated rings. The number of rotatable bonds is 7. The fourth-order valence-corrected chi connectivity index (χ4v) is 3.47. The van der Waals surface area contributed by atoms with Gasteiger partial charge in [0, 0.05) is 29.4 Å². The first-order valence-electron chi connectivity index (χ1n) is 10.5. The predicted molar refractivity (Wildman–Crippen MR) is 125 cm³/mol. The Morgan fingerprint density at radius 3 is 1.72 bits per heavy atom. The first kappa shape index (κ1) is 21.5. The van der Waals surface area contributed by atoms with Crippen molar-refractivity contribution in [1.82, 2.24) is 0 Å². The topological polar surface area (TPSA) is 52.6 Å². The molecule has 4 nitrogen and oxygen atoms in total. The van der Waals surface area contributed by atoms with Crippen molar-refractivity contribution in [3.8, 4) is 11.5 Å². The minimum absolute atomic E-state index is 0.0256. The zero-order chi connectivity index (χ0) is 22.5. The van der Waals surface area contributed by atoms with E-state index in [1.54, 1.807) is 55.6 Å². The monoisotopic (exact) mass is 424 g/mol. The van der Waals surface area contributed by atoms with Crippen LogP contribution in [0.15, 0.2) is 96.6 Å². The van der Waals surface area contributed by atoms with E-state index in [9.17, 15) is 9.59 Å². The summed E-state index contributed by atoms with van der Waals surface area (Å²) >= 11 is 0. The molecule has 0 heterocycles. The zero-order valence-corrected chi connectivity index (χ0v) is 18.1. The van der Waals surface area contributed by atoms with Gasteiger partial charge >= 0.3 is 0 Å². The lowest BCUT2D eigenvalue weighted by molar-refractivity contribution is 0.102. The highest BCUT2D eigenvalue weighted by molar-refractivity contribution is 6.10. The molecule has 160 valence electrons. The summed E-state index contributed by atoms with van der Waals surface area (Å²) in [4.78, 5) is 25.3. The smallest absolute Gasteiger partial charge is 0.193 e. The summed E-state index contributed by atoms with van der Waals surface area (Å²) in [7, 11) is 1.66. The third-order valence-electron chi connectivity index (χ3n) is 5.41. The second-order valence-electron chi connectivity index (χ2n) is 7.70. The summed E-state index contributed by atoms with van der Waals surface area (Å²) in [6, 6.07) is 21.6. The van der Waals surface area contributed by atoms with Gasteiger partial charge in [0.15, 0.2) is 11.6 Å². The second kappa shape index (κ2) is 9.58. The van der Waals surface area contributed by atoms with E-state index >= 15 is 0 Å². The molecule has 3 aromatic carbocycles. The third-order valence-corrected chi connectivity index (χ3v) is 5.41. The Morgan fingerprint density at radius 2 is 1.25 bits per heavy atom. The Balaban J connectivity index is 1.40. The van der Waals surface area contributed by atoms with Gasteiger partial charge in [0.25, 0.3) is 0 Å². The molecule has 3 aromatic rings. The van der Waals surface area contributed by atoms with Crippen LogP contribution in [-0.4, -0.2) is 24.8 Å². The largest absolute Gasteiger partial charge is 0.457 e. The first-order chi connectivity index (χ1) is 15.5. The van der Waals surface area contributed by atoms with Crippen molar-refractivity contribution in [1.29, 1.82) is 0 Å². The lowest BCUT2D eigenvalue weighted by Gasteiger charge is -2.14. The average molecular weight is 424 g/mol. The minimum Gasteiger partial charge on any atom is -0.457 e. The Hall–Kier alpha value is -3.76. The highest BCUT2D eigenvalue weighted by atomic mass is 16.5. The molecule has 0 saturated heterocycles. The Kier molecular flexibility index (Phi) is 6.43. The fraction of sp³-hybridized carbons (Fsp3) is 0.143. The number of hydrogen-bond acceptors (Lipinski definition) is 4. The molecule has 32 heavy (non-hydrogen) atoms. The number of ether oxygens (including phenoxy) is 2. The van der Waals surface area contributed by atoms with Crippen LogP contribution in [0.25, 0.3) is 0 Å². The maximum absolute atomic E-state index is 12.7.